The number of aromatic nitrogens is 1. The maximum Gasteiger partial charge on any atom is 0.179 e. The van der Waals surface area contributed by atoms with Crippen molar-refractivity contribution in [3.8, 4) is 0 Å². The molecule has 1 aromatic rings. The molecule has 0 bridgehead atoms. The molecular formula is C14H22ClNO3. The second-order valence-electron chi connectivity index (χ2n) is 4.45. The van der Waals surface area contributed by atoms with Gasteiger partial charge in [0.15, 0.2) is 5.78 Å². The fraction of sp³-hybridized carbons (Fsp3) is 0.643. The first-order valence-electron chi connectivity index (χ1n) is 6.44. The molecule has 0 fully saturated rings. The molecule has 4 nitrogen and oxygen atoms in total. The number of carbonyl (C=O) groups excluding carboxylic acids is 1. The van der Waals surface area contributed by atoms with Crippen LogP contribution < -0.4 is 0 Å². The van der Waals surface area contributed by atoms with Crippen LogP contribution in [0.1, 0.15) is 28.2 Å². The van der Waals surface area contributed by atoms with Crippen LogP contribution in [-0.4, -0.2) is 43.2 Å². The van der Waals surface area contributed by atoms with Crippen molar-refractivity contribution in [1.82, 2.24) is 4.57 Å². The molecule has 1 rings (SSSR count). The van der Waals surface area contributed by atoms with Gasteiger partial charge in [-0.3, -0.25) is 4.79 Å². The Morgan fingerprint density at radius 1 is 1.32 bits per heavy atom. The van der Waals surface area contributed by atoms with Gasteiger partial charge in [0.05, 0.1) is 19.1 Å². The Labute approximate surface area is 119 Å². The quantitative estimate of drug-likeness (QED) is 0.398. The summed E-state index contributed by atoms with van der Waals surface area (Å²) in [5.74, 6) is 0.0158. The molecule has 5 heteroatoms. The van der Waals surface area contributed by atoms with Crippen LogP contribution in [0.4, 0.5) is 0 Å². The maximum atomic E-state index is 11.7. The fourth-order valence-corrected chi connectivity index (χ4v) is 2.21. The van der Waals surface area contributed by atoms with Crippen LogP contribution in [0.3, 0.4) is 0 Å². The van der Waals surface area contributed by atoms with Gasteiger partial charge in [0, 0.05) is 37.2 Å². The maximum absolute atomic E-state index is 11.7. The predicted octanol–water partition coefficient (Wildman–Crippen LogP) is 2.58. The highest BCUT2D eigenvalue weighted by Gasteiger charge is 2.14. The summed E-state index contributed by atoms with van der Waals surface area (Å²) in [5, 5.41) is 0. The summed E-state index contributed by atoms with van der Waals surface area (Å²) in [6.07, 6.45) is 0.911. The second kappa shape index (κ2) is 8.35. The molecule has 0 aliphatic heterocycles. The predicted molar refractivity (Wildman–Crippen MR) is 76.3 cm³/mol. The Balaban J connectivity index is 2.50. The molecule has 0 radical (unpaired) electrons. The third-order valence-corrected chi connectivity index (χ3v) is 3.34. The smallest absolute Gasteiger partial charge is 0.179 e. The van der Waals surface area contributed by atoms with Crippen LogP contribution in [0.15, 0.2) is 6.07 Å². The minimum absolute atomic E-state index is 0.0163. The number of ether oxygens (including phenoxy) is 2. The van der Waals surface area contributed by atoms with Crippen LogP contribution in [0.25, 0.3) is 0 Å². The topological polar surface area (TPSA) is 40.5 Å². The van der Waals surface area contributed by atoms with Gasteiger partial charge in [0.25, 0.3) is 0 Å². The van der Waals surface area contributed by atoms with E-state index in [0.29, 0.717) is 19.8 Å². The number of methoxy groups -OCH3 is 1. The highest BCUT2D eigenvalue weighted by atomic mass is 35.5. The first-order valence-corrected chi connectivity index (χ1v) is 6.97. The Bertz CT molecular complexity index is 415. The molecule has 0 aliphatic carbocycles. The summed E-state index contributed by atoms with van der Waals surface area (Å²) in [5.41, 5.74) is 2.80. The van der Waals surface area contributed by atoms with Gasteiger partial charge in [-0.15, -0.1) is 11.6 Å². The zero-order chi connectivity index (χ0) is 14.3. The first kappa shape index (κ1) is 16.2. The largest absolute Gasteiger partial charge is 0.382 e. The van der Waals surface area contributed by atoms with Crippen molar-refractivity contribution in [3.05, 3.63) is 23.0 Å². The number of Topliss-reactive ketones (excluding diaryl/α,β-unsaturated/α-hetero) is 1. The van der Waals surface area contributed by atoms with E-state index >= 15 is 0 Å². The molecule has 0 aromatic carbocycles. The van der Waals surface area contributed by atoms with E-state index in [1.54, 1.807) is 7.11 Å². The van der Waals surface area contributed by atoms with Gasteiger partial charge in [-0.1, -0.05) is 0 Å². The molecule has 0 saturated carbocycles. The normalized spacial score (nSPS) is 10.9. The molecule has 19 heavy (non-hydrogen) atoms. The van der Waals surface area contributed by atoms with Crippen molar-refractivity contribution in [2.45, 2.75) is 26.8 Å². The molecule has 0 aliphatic rings. The molecular weight excluding hydrogens is 266 g/mol. The number of carbonyl (C=O) groups is 1. The number of hydrogen-bond acceptors (Lipinski definition) is 3. The lowest BCUT2D eigenvalue weighted by Gasteiger charge is -2.10. The minimum atomic E-state index is -0.0163. The van der Waals surface area contributed by atoms with Crippen molar-refractivity contribution in [1.29, 1.82) is 0 Å². The second-order valence-corrected chi connectivity index (χ2v) is 4.72. The molecule has 0 unspecified atom stereocenters. The monoisotopic (exact) mass is 287 g/mol. The fourth-order valence-electron chi connectivity index (χ4n) is 2.07. The number of aryl methyl sites for hydroxylation is 1. The number of alkyl halides is 1. The van der Waals surface area contributed by atoms with E-state index in [9.17, 15) is 4.79 Å². The Morgan fingerprint density at radius 2 is 2.05 bits per heavy atom. The van der Waals surface area contributed by atoms with Gasteiger partial charge in [-0.25, -0.2) is 0 Å². The van der Waals surface area contributed by atoms with E-state index in [2.05, 4.69) is 4.57 Å². The molecule has 108 valence electrons. The lowest BCUT2D eigenvalue weighted by molar-refractivity contribution is 0.0679. The molecule has 0 amide bonds. The van der Waals surface area contributed by atoms with Crippen LogP contribution in [0.5, 0.6) is 0 Å². The van der Waals surface area contributed by atoms with Crippen molar-refractivity contribution in [2.75, 3.05) is 32.8 Å². The number of rotatable bonds is 9. The van der Waals surface area contributed by atoms with E-state index in [0.717, 1.165) is 29.9 Å². The third kappa shape index (κ3) is 4.64. The minimum Gasteiger partial charge on any atom is -0.382 e. The third-order valence-electron chi connectivity index (χ3n) is 3.10. The Kier molecular flexibility index (Phi) is 7.13. The van der Waals surface area contributed by atoms with Gasteiger partial charge < -0.3 is 14.0 Å². The molecule has 0 saturated heterocycles. The van der Waals surface area contributed by atoms with Crippen LogP contribution in [0, 0.1) is 13.8 Å². The Morgan fingerprint density at radius 3 is 2.68 bits per heavy atom. The van der Waals surface area contributed by atoms with Crippen LogP contribution >= 0.6 is 11.6 Å². The molecule has 0 atom stereocenters. The molecule has 1 heterocycles. The summed E-state index contributed by atoms with van der Waals surface area (Å²) in [4.78, 5) is 11.7. The van der Waals surface area contributed by atoms with Gasteiger partial charge in [0.2, 0.25) is 0 Å². The number of ketones is 1. The van der Waals surface area contributed by atoms with E-state index in [1.165, 1.54) is 0 Å². The van der Waals surface area contributed by atoms with E-state index in [-0.39, 0.29) is 11.7 Å². The summed E-state index contributed by atoms with van der Waals surface area (Å²) >= 11 is 5.60. The van der Waals surface area contributed by atoms with Crippen LogP contribution in [0.2, 0.25) is 0 Å². The Hall–Kier alpha value is -0.840. The lowest BCUT2D eigenvalue weighted by Crippen LogP contribution is -2.09. The molecule has 1 aromatic heterocycles. The van der Waals surface area contributed by atoms with Crippen molar-refractivity contribution in [2.24, 2.45) is 0 Å². The number of nitrogens with zero attached hydrogens (tertiary/aromatic N) is 1. The average molecular weight is 288 g/mol. The summed E-state index contributed by atoms with van der Waals surface area (Å²) in [6.45, 7) is 6.74. The SMILES string of the molecule is COCCOCCCn1c(C)cc(C(=O)CCl)c1C. The van der Waals surface area contributed by atoms with Crippen molar-refractivity contribution in [3.63, 3.8) is 0 Å². The zero-order valence-corrected chi connectivity index (χ0v) is 12.6. The van der Waals surface area contributed by atoms with Crippen molar-refractivity contribution < 1.29 is 14.3 Å². The van der Waals surface area contributed by atoms with Crippen LogP contribution in [-0.2, 0) is 16.0 Å². The van der Waals surface area contributed by atoms with Gasteiger partial charge in [-0.05, 0) is 26.3 Å². The van der Waals surface area contributed by atoms with E-state index in [4.69, 9.17) is 21.1 Å². The van der Waals surface area contributed by atoms with Gasteiger partial charge in [0.1, 0.15) is 0 Å². The highest BCUT2D eigenvalue weighted by molar-refractivity contribution is 6.30. The van der Waals surface area contributed by atoms with E-state index < -0.39 is 0 Å². The van der Waals surface area contributed by atoms with Gasteiger partial charge in [-0.2, -0.15) is 0 Å². The highest BCUT2D eigenvalue weighted by Crippen LogP contribution is 2.16. The first-order chi connectivity index (χ1) is 9.11. The van der Waals surface area contributed by atoms with Gasteiger partial charge >= 0.3 is 0 Å². The standard InChI is InChI=1S/C14H22ClNO3/c1-11-9-13(14(17)10-15)12(2)16(11)5-4-6-19-8-7-18-3/h9H,4-8,10H2,1-3H3. The lowest BCUT2D eigenvalue weighted by atomic mass is 10.2. The number of hydrogen-bond donors (Lipinski definition) is 0. The molecule has 0 N–H and O–H groups in total. The average Bonchev–Trinajstić information content (AvgIpc) is 2.69. The zero-order valence-electron chi connectivity index (χ0n) is 11.9. The van der Waals surface area contributed by atoms with Crippen molar-refractivity contribution >= 4 is 17.4 Å². The number of halogens is 1. The van der Waals surface area contributed by atoms with E-state index in [1.807, 2.05) is 19.9 Å². The summed E-state index contributed by atoms with van der Waals surface area (Å²) in [6, 6.07) is 1.91. The molecule has 0 spiro atoms. The summed E-state index contributed by atoms with van der Waals surface area (Å²) < 4.78 is 12.5. The summed E-state index contributed by atoms with van der Waals surface area (Å²) in [7, 11) is 1.66.